The molecule has 9 nitrogen and oxygen atoms in total. The fraction of sp³-hybridized carbons (Fsp3) is 0.320. The molecule has 36 heavy (non-hydrogen) atoms. The lowest BCUT2D eigenvalue weighted by molar-refractivity contribution is 0.0981. The number of hydrogen-bond donors (Lipinski definition) is 2. The first-order valence-corrected chi connectivity index (χ1v) is 13.2. The molecule has 0 spiro atoms. The number of carbonyl (C=O) groups excluding carboxylic acids is 1. The average molecular weight is 530 g/mol. The minimum atomic E-state index is -4.26. The molecule has 1 unspecified atom stereocenters. The van der Waals surface area contributed by atoms with Crippen molar-refractivity contribution in [1.82, 2.24) is 14.7 Å². The molecule has 2 aromatic heterocycles. The molecule has 11 heteroatoms. The molecule has 2 N–H and O–H groups in total. The quantitative estimate of drug-likeness (QED) is 0.455. The van der Waals surface area contributed by atoms with Gasteiger partial charge in [0.1, 0.15) is 17.4 Å². The third-order valence-corrected chi connectivity index (χ3v) is 7.54. The minimum absolute atomic E-state index is 0.186. The molecule has 1 aliphatic rings. The zero-order valence-corrected chi connectivity index (χ0v) is 22.0. The van der Waals surface area contributed by atoms with Crippen molar-refractivity contribution < 1.29 is 17.9 Å². The number of rotatable bonds is 7. The molecular weight excluding hydrogens is 502 g/mol. The summed E-state index contributed by atoms with van der Waals surface area (Å²) in [5, 5.41) is 3.09. The topological polar surface area (TPSA) is 114 Å². The average Bonchev–Trinajstić information content (AvgIpc) is 3.10. The number of nitrogens with zero attached hydrogens (tertiary/aromatic N) is 3. The van der Waals surface area contributed by atoms with Gasteiger partial charge in [-0.1, -0.05) is 24.6 Å². The van der Waals surface area contributed by atoms with Gasteiger partial charge < -0.3 is 15.0 Å². The van der Waals surface area contributed by atoms with Gasteiger partial charge in [0.15, 0.2) is 5.03 Å². The van der Waals surface area contributed by atoms with E-state index >= 15 is 0 Å². The van der Waals surface area contributed by atoms with Gasteiger partial charge >= 0.3 is 0 Å². The van der Waals surface area contributed by atoms with Crippen molar-refractivity contribution in [2.75, 3.05) is 23.9 Å². The van der Waals surface area contributed by atoms with Crippen LogP contribution in [0.1, 0.15) is 37.6 Å². The molecule has 1 aromatic carbocycles. The second-order valence-corrected chi connectivity index (χ2v) is 11.4. The fourth-order valence-corrected chi connectivity index (χ4v) is 5.70. The number of anilines is 3. The minimum Gasteiger partial charge on any atom is -0.495 e. The van der Waals surface area contributed by atoms with Gasteiger partial charge in [-0.25, -0.2) is 14.7 Å². The molecule has 0 saturated carbocycles. The van der Waals surface area contributed by atoms with E-state index in [1.165, 1.54) is 19.2 Å². The van der Waals surface area contributed by atoms with E-state index in [1.807, 2.05) is 0 Å². The van der Waals surface area contributed by atoms with Crippen LogP contribution in [-0.4, -0.2) is 43.5 Å². The van der Waals surface area contributed by atoms with E-state index in [1.54, 1.807) is 42.6 Å². The molecule has 190 valence electrons. The van der Waals surface area contributed by atoms with Gasteiger partial charge in [0.05, 0.1) is 17.7 Å². The molecule has 1 fully saturated rings. The lowest BCUT2D eigenvalue weighted by Crippen LogP contribution is -2.41. The highest BCUT2D eigenvalue weighted by Crippen LogP contribution is 2.37. The Morgan fingerprint density at radius 1 is 1.19 bits per heavy atom. The number of amides is 1. The lowest BCUT2D eigenvalue weighted by Gasteiger charge is -2.33. The van der Waals surface area contributed by atoms with Gasteiger partial charge in [-0.05, 0) is 68.7 Å². The predicted octanol–water partition coefficient (Wildman–Crippen LogP) is 4.63. The van der Waals surface area contributed by atoms with E-state index in [9.17, 15) is 13.2 Å². The Morgan fingerprint density at radius 2 is 1.97 bits per heavy atom. The number of aromatic nitrogens is 2. The number of hydrogen-bond acceptors (Lipinski definition) is 8. The number of pyridine rings is 2. The number of halogens is 1. The largest absolute Gasteiger partial charge is 0.495 e. The summed E-state index contributed by atoms with van der Waals surface area (Å²) in [7, 11) is -2.75. The van der Waals surface area contributed by atoms with E-state index < -0.39 is 15.9 Å². The molecule has 3 heterocycles. The molecule has 0 aliphatic carbocycles. The molecule has 0 bridgehead atoms. The van der Waals surface area contributed by atoms with Crippen LogP contribution in [0.4, 0.5) is 17.3 Å². The van der Waals surface area contributed by atoms with Crippen LogP contribution in [0.5, 0.6) is 5.75 Å². The van der Waals surface area contributed by atoms with Crippen LogP contribution in [0.15, 0.2) is 59.8 Å². The smallest absolute Gasteiger partial charge is 0.281 e. The summed E-state index contributed by atoms with van der Waals surface area (Å²) < 4.78 is 33.4. The van der Waals surface area contributed by atoms with Crippen molar-refractivity contribution in [2.45, 2.75) is 37.8 Å². The van der Waals surface area contributed by atoms with E-state index in [4.69, 9.17) is 16.3 Å². The molecule has 1 aliphatic heterocycles. The fourth-order valence-electron chi connectivity index (χ4n) is 4.50. The van der Waals surface area contributed by atoms with Gasteiger partial charge in [-0.15, -0.1) is 0 Å². The molecule has 4 rings (SSSR count). The second-order valence-electron chi connectivity index (χ2n) is 9.38. The SMILES string of the molecule is COc1ccc(Nc2cccc(S(=O)(=O)NC(=O)c3cccnc3N3CC(C)CC3(C)C)n2)cc1Cl. The summed E-state index contributed by atoms with van der Waals surface area (Å²) in [4.78, 5) is 23.8. The molecule has 1 amide bonds. The summed E-state index contributed by atoms with van der Waals surface area (Å²) in [6.45, 7) is 7.03. The zero-order valence-electron chi connectivity index (χ0n) is 20.4. The maximum atomic E-state index is 13.2. The van der Waals surface area contributed by atoms with Crippen LogP contribution in [0.25, 0.3) is 0 Å². The van der Waals surface area contributed by atoms with Crippen LogP contribution in [0.3, 0.4) is 0 Å². The first-order chi connectivity index (χ1) is 17.0. The first-order valence-electron chi connectivity index (χ1n) is 11.4. The van der Waals surface area contributed by atoms with Gasteiger partial charge in [-0.3, -0.25) is 4.79 Å². The van der Waals surface area contributed by atoms with Crippen molar-refractivity contribution in [3.63, 3.8) is 0 Å². The summed E-state index contributed by atoms with van der Waals surface area (Å²) >= 11 is 6.16. The number of nitrogens with one attached hydrogen (secondary N) is 2. The predicted molar refractivity (Wildman–Crippen MR) is 140 cm³/mol. The van der Waals surface area contributed by atoms with Crippen molar-refractivity contribution in [3.05, 3.63) is 65.3 Å². The van der Waals surface area contributed by atoms with Crippen LogP contribution in [-0.2, 0) is 10.0 Å². The first kappa shape index (κ1) is 25.7. The molecule has 1 atom stereocenters. The number of sulfonamides is 1. The molecule has 1 saturated heterocycles. The van der Waals surface area contributed by atoms with Gasteiger partial charge in [0.2, 0.25) is 0 Å². The maximum absolute atomic E-state index is 13.2. The number of carbonyl (C=O) groups is 1. The Balaban J connectivity index is 1.56. The van der Waals surface area contributed by atoms with Crippen LogP contribution in [0, 0.1) is 5.92 Å². The van der Waals surface area contributed by atoms with E-state index in [0.29, 0.717) is 28.2 Å². The summed E-state index contributed by atoms with van der Waals surface area (Å²) in [6, 6.07) is 12.7. The van der Waals surface area contributed by atoms with Crippen molar-refractivity contribution in [1.29, 1.82) is 0 Å². The second kappa shape index (κ2) is 9.94. The Kier molecular flexibility index (Phi) is 7.10. The van der Waals surface area contributed by atoms with Crippen molar-refractivity contribution >= 4 is 44.9 Å². The van der Waals surface area contributed by atoms with E-state index in [2.05, 4.69) is 45.7 Å². The normalized spacial score (nSPS) is 17.0. The monoisotopic (exact) mass is 529 g/mol. The molecule has 3 aromatic rings. The maximum Gasteiger partial charge on any atom is 0.281 e. The zero-order chi connectivity index (χ0) is 26.1. The standard InChI is InChI=1S/C25H28ClN5O4S/c1-16-14-25(2,3)31(15-16)23-18(7-6-12-27-23)24(32)30-36(33,34)22-9-5-8-21(29-22)28-17-10-11-20(35-4)19(26)13-17/h5-13,16H,14-15H2,1-4H3,(H,28,29)(H,30,32). The van der Waals surface area contributed by atoms with E-state index in [-0.39, 0.29) is 21.9 Å². The van der Waals surface area contributed by atoms with E-state index in [0.717, 1.165) is 13.0 Å². The van der Waals surface area contributed by atoms with Crippen LogP contribution >= 0.6 is 11.6 Å². The Bertz CT molecular complexity index is 1400. The third kappa shape index (κ3) is 5.39. The molecule has 0 radical (unpaired) electrons. The van der Waals surface area contributed by atoms with Crippen molar-refractivity contribution in [3.8, 4) is 5.75 Å². The summed E-state index contributed by atoms with van der Waals surface area (Å²) in [6.07, 6.45) is 2.54. The third-order valence-electron chi connectivity index (χ3n) is 6.01. The highest BCUT2D eigenvalue weighted by molar-refractivity contribution is 7.90. The van der Waals surface area contributed by atoms with Gasteiger partial charge in [-0.2, -0.15) is 8.42 Å². The summed E-state index contributed by atoms with van der Waals surface area (Å²) in [5.41, 5.74) is 0.563. The number of methoxy groups -OCH3 is 1. The van der Waals surface area contributed by atoms with Crippen LogP contribution < -0.4 is 19.7 Å². The van der Waals surface area contributed by atoms with Crippen LogP contribution in [0.2, 0.25) is 5.02 Å². The Labute approximate surface area is 215 Å². The Hall–Kier alpha value is -3.37. The van der Waals surface area contributed by atoms with Gasteiger partial charge in [0.25, 0.3) is 15.9 Å². The summed E-state index contributed by atoms with van der Waals surface area (Å²) in [5.74, 6) is 0.883. The molecular formula is C25H28ClN5O4S. The highest BCUT2D eigenvalue weighted by atomic mass is 35.5. The van der Waals surface area contributed by atoms with Crippen molar-refractivity contribution in [2.24, 2.45) is 5.92 Å². The Morgan fingerprint density at radius 3 is 2.64 bits per heavy atom. The lowest BCUT2D eigenvalue weighted by atomic mass is 9.97. The highest BCUT2D eigenvalue weighted by Gasteiger charge is 2.39. The number of ether oxygens (including phenoxy) is 1. The van der Waals surface area contributed by atoms with Gasteiger partial charge in [0, 0.05) is 24.0 Å². The number of benzene rings is 1.